The summed E-state index contributed by atoms with van der Waals surface area (Å²) in [6, 6.07) is 0. The summed E-state index contributed by atoms with van der Waals surface area (Å²) in [6.45, 7) is 2.30. The van der Waals surface area contributed by atoms with E-state index < -0.39 is 0 Å². The molecule has 0 aromatic carbocycles. The van der Waals surface area contributed by atoms with Crippen molar-refractivity contribution in [2.45, 2.75) is 12.8 Å². The van der Waals surface area contributed by atoms with Gasteiger partial charge in [0.25, 0.3) is 0 Å². The van der Waals surface area contributed by atoms with Crippen molar-refractivity contribution in [3.05, 3.63) is 12.3 Å². The minimum atomic E-state index is 0.465. The Balaban J connectivity index is 2.29. The number of nitrogens with two attached hydrogens (primary N) is 1. The Kier molecular flexibility index (Phi) is 2.68. The molecule has 0 aliphatic carbocycles. The monoisotopic (exact) mass is 156 g/mol. The first-order chi connectivity index (χ1) is 4.79. The smallest absolute Gasteiger partial charge is 0.0976 e. The highest BCUT2D eigenvalue weighted by Crippen LogP contribution is 2.06. The fourth-order valence-corrected chi connectivity index (χ4v) is 1.13. The van der Waals surface area contributed by atoms with Crippen LogP contribution in [0.1, 0.15) is 12.8 Å². The topological polar surface area (TPSA) is 29.3 Å². The predicted octanol–water partition coefficient (Wildman–Crippen LogP) is 0.882. The molecule has 0 aromatic rings. The average Bonchev–Trinajstić information content (AvgIpc) is 2.34. The van der Waals surface area contributed by atoms with Gasteiger partial charge in [0.15, 0.2) is 0 Å². The molecular weight excluding hydrogens is 144 g/mol. The van der Waals surface area contributed by atoms with Gasteiger partial charge in [0.1, 0.15) is 0 Å². The van der Waals surface area contributed by atoms with Crippen molar-refractivity contribution in [3.8, 4) is 0 Å². The highest BCUT2D eigenvalue weighted by atomic mass is 32.1. The van der Waals surface area contributed by atoms with Crippen molar-refractivity contribution >= 4 is 17.2 Å². The van der Waals surface area contributed by atoms with Crippen molar-refractivity contribution in [2.24, 2.45) is 5.73 Å². The van der Waals surface area contributed by atoms with Crippen LogP contribution in [0.2, 0.25) is 0 Å². The van der Waals surface area contributed by atoms with E-state index in [-0.39, 0.29) is 0 Å². The molecule has 1 fully saturated rings. The Morgan fingerprint density at radius 2 is 2.00 bits per heavy atom. The first kappa shape index (κ1) is 7.54. The number of hydrogen-bond donors (Lipinski definition) is 1. The second kappa shape index (κ2) is 3.56. The SMILES string of the molecule is NC(=S)/C=C/N1CCCC1. The molecule has 2 N–H and O–H groups in total. The first-order valence-corrected chi connectivity index (χ1v) is 3.91. The molecule has 1 heterocycles. The van der Waals surface area contributed by atoms with Crippen LogP contribution in [0.4, 0.5) is 0 Å². The fourth-order valence-electron chi connectivity index (χ4n) is 1.07. The van der Waals surface area contributed by atoms with E-state index in [4.69, 9.17) is 18.0 Å². The number of thiocarbonyl (C=S) groups is 1. The molecule has 3 heteroatoms. The quantitative estimate of drug-likeness (QED) is 0.475. The van der Waals surface area contributed by atoms with Crippen LogP contribution in [0.15, 0.2) is 12.3 Å². The highest BCUT2D eigenvalue weighted by Gasteiger charge is 2.05. The molecule has 0 saturated carbocycles. The van der Waals surface area contributed by atoms with Crippen LogP contribution in [0, 0.1) is 0 Å². The summed E-state index contributed by atoms with van der Waals surface area (Å²) in [4.78, 5) is 2.70. The molecule has 0 aromatic heterocycles. The Morgan fingerprint density at radius 3 is 2.50 bits per heavy atom. The zero-order valence-electron chi connectivity index (χ0n) is 5.92. The van der Waals surface area contributed by atoms with Gasteiger partial charge in [0.05, 0.1) is 4.99 Å². The molecule has 1 saturated heterocycles. The van der Waals surface area contributed by atoms with Crippen LogP contribution < -0.4 is 5.73 Å². The maximum Gasteiger partial charge on any atom is 0.0976 e. The van der Waals surface area contributed by atoms with Crippen molar-refractivity contribution in [3.63, 3.8) is 0 Å². The summed E-state index contributed by atoms with van der Waals surface area (Å²) in [5, 5.41) is 0. The van der Waals surface area contributed by atoms with Gasteiger partial charge >= 0.3 is 0 Å². The molecule has 0 atom stereocenters. The van der Waals surface area contributed by atoms with Crippen LogP contribution in [-0.4, -0.2) is 23.0 Å². The van der Waals surface area contributed by atoms with E-state index in [2.05, 4.69) is 4.90 Å². The third-order valence-corrected chi connectivity index (χ3v) is 1.73. The van der Waals surface area contributed by atoms with Gasteiger partial charge in [-0.05, 0) is 18.9 Å². The molecule has 1 aliphatic heterocycles. The predicted molar refractivity (Wildman–Crippen MR) is 46.7 cm³/mol. The van der Waals surface area contributed by atoms with Gasteiger partial charge < -0.3 is 10.6 Å². The van der Waals surface area contributed by atoms with E-state index in [1.807, 2.05) is 6.20 Å². The second-order valence-corrected chi connectivity index (χ2v) is 2.93. The lowest BCUT2D eigenvalue weighted by molar-refractivity contribution is 0.468. The lowest BCUT2D eigenvalue weighted by atomic mass is 10.4. The van der Waals surface area contributed by atoms with Crippen LogP contribution in [0.25, 0.3) is 0 Å². The molecule has 1 aliphatic rings. The van der Waals surface area contributed by atoms with Crippen molar-refractivity contribution in [1.82, 2.24) is 4.90 Å². The summed E-state index contributed by atoms with van der Waals surface area (Å²) >= 11 is 4.69. The molecule has 10 heavy (non-hydrogen) atoms. The lowest BCUT2D eigenvalue weighted by Crippen LogP contribution is -2.12. The van der Waals surface area contributed by atoms with Gasteiger partial charge in [-0.15, -0.1) is 0 Å². The number of rotatable bonds is 2. The van der Waals surface area contributed by atoms with Crippen LogP contribution in [0.3, 0.4) is 0 Å². The molecule has 2 nitrogen and oxygen atoms in total. The molecule has 0 radical (unpaired) electrons. The second-order valence-electron chi connectivity index (χ2n) is 2.46. The highest BCUT2D eigenvalue weighted by molar-refractivity contribution is 7.80. The Labute approximate surface area is 66.7 Å². The van der Waals surface area contributed by atoms with Gasteiger partial charge in [-0.25, -0.2) is 0 Å². The minimum Gasteiger partial charge on any atom is -0.390 e. The molecule has 56 valence electrons. The maximum atomic E-state index is 5.29. The van der Waals surface area contributed by atoms with E-state index in [1.165, 1.54) is 12.8 Å². The van der Waals surface area contributed by atoms with Crippen molar-refractivity contribution in [2.75, 3.05) is 13.1 Å². The van der Waals surface area contributed by atoms with Crippen LogP contribution in [-0.2, 0) is 0 Å². The number of nitrogens with zero attached hydrogens (tertiary/aromatic N) is 1. The van der Waals surface area contributed by atoms with Gasteiger partial charge in [0, 0.05) is 19.3 Å². The average molecular weight is 156 g/mol. The third kappa shape index (κ3) is 2.35. The lowest BCUT2D eigenvalue weighted by Gasteiger charge is -2.09. The van der Waals surface area contributed by atoms with Crippen LogP contribution in [0.5, 0.6) is 0 Å². The molecule has 0 bridgehead atoms. The summed E-state index contributed by atoms with van der Waals surface area (Å²) in [5.74, 6) is 0. The van der Waals surface area contributed by atoms with Gasteiger partial charge in [0.2, 0.25) is 0 Å². The molecule has 0 amide bonds. The first-order valence-electron chi connectivity index (χ1n) is 3.51. The van der Waals surface area contributed by atoms with Gasteiger partial charge in [-0.2, -0.15) is 0 Å². The standard InChI is InChI=1S/C7H12N2S/c8-7(10)3-6-9-4-1-2-5-9/h3,6H,1-2,4-5H2,(H2,8,10)/b6-3+. The zero-order valence-corrected chi connectivity index (χ0v) is 6.73. The normalized spacial score (nSPS) is 18.6. The largest absolute Gasteiger partial charge is 0.390 e. The Morgan fingerprint density at radius 1 is 1.40 bits per heavy atom. The Bertz CT molecular complexity index is 148. The molecule has 1 rings (SSSR count). The van der Waals surface area contributed by atoms with Crippen molar-refractivity contribution < 1.29 is 0 Å². The van der Waals surface area contributed by atoms with Gasteiger partial charge in [-0.3, -0.25) is 0 Å². The molecule has 0 unspecified atom stereocenters. The summed E-state index contributed by atoms with van der Waals surface area (Å²) in [6.07, 6.45) is 6.35. The fraction of sp³-hybridized carbons (Fsp3) is 0.571. The van der Waals surface area contributed by atoms with E-state index in [1.54, 1.807) is 6.08 Å². The molecule has 0 spiro atoms. The number of likely N-dealkylation sites (tertiary alicyclic amines) is 1. The Hall–Kier alpha value is -0.570. The van der Waals surface area contributed by atoms with E-state index in [0.29, 0.717) is 4.99 Å². The van der Waals surface area contributed by atoms with Crippen LogP contribution >= 0.6 is 12.2 Å². The molecular formula is C7H12N2S. The zero-order chi connectivity index (χ0) is 7.40. The maximum absolute atomic E-state index is 5.29. The van der Waals surface area contributed by atoms with E-state index in [9.17, 15) is 0 Å². The van der Waals surface area contributed by atoms with Gasteiger partial charge in [-0.1, -0.05) is 12.2 Å². The van der Waals surface area contributed by atoms with Crippen molar-refractivity contribution in [1.29, 1.82) is 0 Å². The summed E-state index contributed by atoms with van der Waals surface area (Å²) in [7, 11) is 0. The van der Waals surface area contributed by atoms with E-state index in [0.717, 1.165) is 13.1 Å². The summed E-state index contributed by atoms with van der Waals surface area (Å²) < 4.78 is 0. The van der Waals surface area contributed by atoms with E-state index >= 15 is 0 Å². The third-order valence-electron chi connectivity index (χ3n) is 1.59. The minimum absolute atomic E-state index is 0.465. The summed E-state index contributed by atoms with van der Waals surface area (Å²) in [5.41, 5.74) is 5.29. The number of hydrogen-bond acceptors (Lipinski definition) is 2.